The monoisotopic (exact) mass is 237 g/mol. The summed E-state index contributed by atoms with van der Waals surface area (Å²) in [6, 6.07) is 2.16. The van der Waals surface area contributed by atoms with Crippen molar-refractivity contribution in [3.63, 3.8) is 0 Å². The van der Waals surface area contributed by atoms with Gasteiger partial charge in [0.2, 0.25) is 0 Å². The van der Waals surface area contributed by atoms with Gasteiger partial charge in [0.1, 0.15) is 11.3 Å². The molecule has 0 aliphatic carbocycles. The molecule has 1 atom stereocenters. The van der Waals surface area contributed by atoms with Gasteiger partial charge in [-0.2, -0.15) is 0 Å². The third-order valence-electron chi connectivity index (χ3n) is 2.28. The highest BCUT2D eigenvalue weighted by Crippen LogP contribution is 2.26. The predicted molar refractivity (Wildman–Crippen MR) is 64.3 cm³/mol. The molecule has 0 fully saturated rings. The van der Waals surface area contributed by atoms with Crippen molar-refractivity contribution in [2.24, 2.45) is 0 Å². The molecule has 0 saturated heterocycles. The van der Waals surface area contributed by atoms with E-state index in [1.54, 1.807) is 23.9 Å². The van der Waals surface area contributed by atoms with E-state index in [1.807, 2.05) is 6.07 Å². The fourth-order valence-electron chi connectivity index (χ4n) is 1.36. The minimum atomic E-state index is 0.262. The van der Waals surface area contributed by atoms with Crippen molar-refractivity contribution in [1.82, 2.24) is 15.5 Å². The summed E-state index contributed by atoms with van der Waals surface area (Å²) in [6.07, 6.45) is 4.46. The minimum absolute atomic E-state index is 0.262. The number of hydrogen-bond acceptors (Lipinski definition) is 5. The van der Waals surface area contributed by atoms with Gasteiger partial charge >= 0.3 is 0 Å². The highest BCUT2D eigenvalue weighted by molar-refractivity contribution is 7.14. The van der Waals surface area contributed by atoms with E-state index in [1.165, 1.54) is 0 Å². The molecule has 0 amide bonds. The van der Waals surface area contributed by atoms with Crippen LogP contribution < -0.4 is 5.32 Å². The lowest BCUT2D eigenvalue weighted by Gasteiger charge is -2.08. The van der Waals surface area contributed by atoms with Gasteiger partial charge in [-0.3, -0.25) is 0 Å². The average molecular weight is 237 g/mol. The summed E-state index contributed by atoms with van der Waals surface area (Å²) in [5.41, 5.74) is 0.992. The zero-order valence-electron chi connectivity index (χ0n) is 9.43. The number of hydrogen-bond donors (Lipinski definition) is 1. The van der Waals surface area contributed by atoms with Crippen LogP contribution in [-0.4, -0.2) is 16.7 Å². The largest absolute Gasteiger partial charge is 0.472 e. The Morgan fingerprint density at radius 1 is 1.50 bits per heavy atom. The van der Waals surface area contributed by atoms with Crippen molar-refractivity contribution < 1.29 is 4.42 Å². The molecular formula is C11H15N3OS. The van der Waals surface area contributed by atoms with E-state index >= 15 is 0 Å². The van der Waals surface area contributed by atoms with Gasteiger partial charge in [0.25, 0.3) is 0 Å². The molecule has 0 aromatic carbocycles. The van der Waals surface area contributed by atoms with Crippen LogP contribution >= 0.6 is 11.3 Å². The van der Waals surface area contributed by atoms with Crippen molar-refractivity contribution in [1.29, 1.82) is 0 Å². The van der Waals surface area contributed by atoms with Crippen molar-refractivity contribution in [3.8, 4) is 10.6 Å². The molecule has 0 aliphatic rings. The first kappa shape index (κ1) is 11.3. The zero-order chi connectivity index (χ0) is 11.4. The van der Waals surface area contributed by atoms with Crippen LogP contribution in [-0.2, 0) is 0 Å². The molecule has 0 radical (unpaired) electrons. The van der Waals surface area contributed by atoms with Gasteiger partial charge in [0.15, 0.2) is 5.01 Å². The van der Waals surface area contributed by atoms with Gasteiger partial charge in [-0.15, -0.1) is 10.2 Å². The van der Waals surface area contributed by atoms with Crippen LogP contribution in [0, 0.1) is 0 Å². The van der Waals surface area contributed by atoms with Crippen LogP contribution in [0.25, 0.3) is 10.6 Å². The van der Waals surface area contributed by atoms with Crippen molar-refractivity contribution in [2.75, 3.05) is 6.54 Å². The summed E-state index contributed by atoms with van der Waals surface area (Å²) < 4.78 is 5.03. The average Bonchev–Trinajstić information content (AvgIpc) is 2.94. The van der Waals surface area contributed by atoms with Gasteiger partial charge < -0.3 is 9.73 Å². The van der Waals surface area contributed by atoms with Crippen LogP contribution in [0.4, 0.5) is 0 Å². The number of nitrogens with zero attached hydrogens (tertiary/aromatic N) is 2. The molecular weight excluding hydrogens is 222 g/mol. The van der Waals surface area contributed by atoms with E-state index in [9.17, 15) is 0 Å². The van der Waals surface area contributed by atoms with Crippen molar-refractivity contribution in [3.05, 3.63) is 23.6 Å². The van der Waals surface area contributed by atoms with Gasteiger partial charge in [-0.05, 0) is 26.0 Å². The molecule has 4 nitrogen and oxygen atoms in total. The Labute approximate surface area is 98.7 Å². The standard InChI is InChI=1S/C11H15N3OS/c1-3-5-12-8(2)10-13-14-11(16-10)9-4-6-15-7-9/h4,6-8,12H,3,5H2,1-2H3. The smallest absolute Gasteiger partial charge is 0.151 e. The molecule has 0 spiro atoms. The van der Waals surface area contributed by atoms with Crippen LogP contribution in [0.5, 0.6) is 0 Å². The van der Waals surface area contributed by atoms with E-state index < -0.39 is 0 Å². The normalized spacial score (nSPS) is 12.9. The van der Waals surface area contributed by atoms with Crippen LogP contribution in [0.15, 0.2) is 23.0 Å². The molecule has 86 valence electrons. The van der Waals surface area contributed by atoms with Crippen LogP contribution in [0.3, 0.4) is 0 Å². The third kappa shape index (κ3) is 2.48. The lowest BCUT2D eigenvalue weighted by Crippen LogP contribution is -2.18. The molecule has 1 unspecified atom stereocenters. The highest BCUT2D eigenvalue weighted by atomic mass is 32.1. The summed E-state index contributed by atoms with van der Waals surface area (Å²) in [7, 11) is 0. The molecule has 2 aromatic rings. The van der Waals surface area contributed by atoms with E-state index in [-0.39, 0.29) is 6.04 Å². The topological polar surface area (TPSA) is 51.0 Å². The quantitative estimate of drug-likeness (QED) is 0.868. The lowest BCUT2D eigenvalue weighted by molar-refractivity contribution is 0.564. The number of aromatic nitrogens is 2. The summed E-state index contributed by atoms with van der Waals surface area (Å²) in [6.45, 7) is 5.26. The van der Waals surface area contributed by atoms with Gasteiger partial charge in [-0.25, -0.2) is 0 Å². The second-order valence-corrected chi connectivity index (χ2v) is 4.64. The molecule has 0 bridgehead atoms. The fourth-order valence-corrected chi connectivity index (χ4v) is 2.22. The summed E-state index contributed by atoms with van der Waals surface area (Å²) in [5, 5.41) is 13.7. The second-order valence-electron chi connectivity index (χ2n) is 3.63. The predicted octanol–water partition coefficient (Wildman–Crippen LogP) is 2.86. The summed E-state index contributed by atoms with van der Waals surface area (Å²) in [5.74, 6) is 0. The maximum absolute atomic E-state index is 5.03. The van der Waals surface area contributed by atoms with Gasteiger partial charge in [0.05, 0.1) is 17.9 Å². The molecule has 2 heterocycles. The maximum Gasteiger partial charge on any atom is 0.151 e. The Bertz CT molecular complexity index is 424. The third-order valence-corrected chi connectivity index (χ3v) is 3.43. The molecule has 16 heavy (non-hydrogen) atoms. The SMILES string of the molecule is CCCNC(C)c1nnc(-c2ccoc2)s1. The molecule has 0 aliphatic heterocycles. The second kappa shape index (κ2) is 5.23. The first-order chi connectivity index (χ1) is 7.81. The van der Waals surface area contributed by atoms with Crippen LogP contribution in [0.1, 0.15) is 31.3 Å². The first-order valence-electron chi connectivity index (χ1n) is 5.40. The zero-order valence-corrected chi connectivity index (χ0v) is 10.3. The lowest BCUT2D eigenvalue weighted by atomic mass is 10.3. The van der Waals surface area contributed by atoms with E-state index in [0.29, 0.717) is 0 Å². The van der Waals surface area contributed by atoms with E-state index in [2.05, 4.69) is 29.4 Å². The molecule has 0 saturated carbocycles. The Balaban J connectivity index is 2.07. The summed E-state index contributed by atoms with van der Waals surface area (Å²) >= 11 is 1.60. The number of nitrogens with one attached hydrogen (secondary N) is 1. The Morgan fingerprint density at radius 3 is 3.06 bits per heavy atom. The number of rotatable bonds is 5. The van der Waals surface area contributed by atoms with E-state index in [0.717, 1.165) is 28.5 Å². The molecule has 1 N–H and O–H groups in total. The maximum atomic E-state index is 5.03. The molecule has 5 heteroatoms. The Morgan fingerprint density at radius 2 is 2.38 bits per heavy atom. The highest BCUT2D eigenvalue weighted by Gasteiger charge is 2.12. The first-order valence-corrected chi connectivity index (χ1v) is 6.22. The molecule has 2 rings (SSSR count). The van der Waals surface area contributed by atoms with Gasteiger partial charge in [0, 0.05) is 0 Å². The van der Waals surface area contributed by atoms with Crippen LogP contribution in [0.2, 0.25) is 0 Å². The van der Waals surface area contributed by atoms with Gasteiger partial charge in [-0.1, -0.05) is 18.3 Å². The molecule has 2 aromatic heterocycles. The number of furan rings is 1. The minimum Gasteiger partial charge on any atom is -0.472 e. The Kier molecular flexibility index (Phi) is 3.69. The summed E-state index contributed by atoms with van der Waals surface area (Å²) in [4.78, 5) is 0. The van der Waals surface area contributed by atoms with Crippen molar-refractivity contribution in [2.45, 2.75) is 26.3 Å². The van der Waals surface area contributed by atoms with Crippen molar-refractivity contribution >= 4 is 11.3 Å². The Hall–Kier alpha value is -1.20. The van der Waals surface area contributed by atoms with E-state index in [4.69, 9.17) is 4.42 Å². The fraction of sp³-hybridized carbons (Fsp3) is 0.455.